The van der Waals surface area contributed by atoms with E-state index in [1.165, 1.54) is 0 Å². The number of hydrogen-bond acceptors (Lipinski definition) is 3. The number of amides is 1. The zero-order chi connectivity index (χ0) is 17.6. The number of hydrogen-bond donors (Lipinski definition) is 2. The molecule has 1 aromatic heterocycles. The Bertz CT molecular complexity index is 580. The van der Waals surface area contributed by atoms with Crippen LogP contribution in [0.1, 0.15) is 45.1 Å². The molecule has 2 aliphatic rings. The van der Waals surface area contributed by atoms with Crippen LogP contribution in [0.2, 0.25) is 0 Å². The maximum absolute atomic E-state index is 11.7. The number of nitrogens with one attached hydrogen (secondary N) is 2. The number of rotatable bonds is 6. The normalized spacial score (nSPS) is 24.2. The maximum atomic E-state index is 11.7. The second-order valence-electron chi connectivity index (χ2n) is 7.21. The van der Waals surface area contributed by atoms with Gasteiger partial charge in [0.2, 0.25) is 5.91 Å². The van der Waals surface area contributed by atoms with Gasteiger partial charge in [0.15, 0.2) is 5.96 Å². The zero-order valence-corrected chi connectivity index (χ0v) is 15.3. The Morgan fingerprint density at radius 1 is 1.36 bits per heavy atom. The van der Waals surface area contributed by atoms with Gasteiger partial charge in [-0.25, -0.2) is 4.98 Å². The molecule has 25 heavy (non-hydrogen) atoms. The fourth-order valence-corrected chi connectivity index (χ4v) is 3.40. The van der Waals surface area contributed by atoms with E-state index in [1.807, 2.05) is 25.8 Å². The number of aromatic nitrogens is 2. The lowest BCUT2D eigenvalue weighted by molar-refractivity contribution is -0.121. The Morgan fingerprint density at radius 3 is 2.88 bits per heavy atom. The highest BCUT2D eigenvalue weighted by molar-refractivity contribution is 5.80. The van der Waals surface area contributed by atoms with Crippen LogP contribution in [0.5, 0.6) is 0 Å². The molecule has 0 aromatic carbocycles. The van der Waals surface area contributed by atoms with Gasteiger partial charge in [-0.05, 0) is 31.6 Å². The summed E-state index contributed by atoms with van der Waals surface area (Å²) in [5.74, 6) is 1.72. The summed E-state index contributed by atoms with van der Waals surface area (Å²) < 4.78 is 2.20. The maximum Gasteiger partial charge on any atom is 0.220 e. The van der Waals surface area contributed by atoms with E-state index in [2.05, 4.69) is 37.0 Å². The number of carbonyl (C=O) groups is 1. The van der Waals surface area contributed by atoms with Crippen molar-refractivity contribution in [2.24, 2.45) is 10.9 Å². The molecule has 2 unspecified atom stereocenters. The number of carbonyl (C=O) groups excluding carboxylic acids is 1. The topological polar surface area (TPSA) is 74.6 Å². The zero-order valence-electron chi connectivity index (χ0n) is 15.3. The number of piperidine rings is 1. The molecule has 138 valence electrons. The molecule has 2 heterocycles. The second-order valence-corrected chi connectivity index (χ2v) is 7.21. The summed E-state index contributed by atoms with van der Waals surface area (Å²) in [5, 5.41) is 6.44. The van der Waals surface area contributed by atoms with Crippen molar-refractivity contribution < 1.29 is 4.79 Å². The Morgan fingerprint density at radius 2 is 2.20 bits per heavy atom. The minimum atomic E-state index is 0.172. The molecule has 7 heteroatoms. The number of guanidine groups is 1. The van der Waals surface area contributed by atoms with Crippen molar-refractivity contribution in [1.82, 2.24) is 25.1 Å². The summed E-state index contributed by atoms with van der Waals surface area (Å²) in [6.07, 6.45) is 10.6. The van der Waals surface area contributed by atoms with Crippen molar-refractivity contribution in [3.8, 4) is 0 Å². The minimum absolute atomic E-state index is 0.172. The van der Waals surface area contributed by atoms with Gasteiger partial charge in [0.05, 0.1) is 12.4 Å². The third kappa shape index (κ3) is 4.96. The molecular formula is C18H30N6O. The lowest BCUT2D eigenvalue weighted by atomic mass is 9.93. The van der Waals surface area contributed by atoms with Crippen LogP contribution >= 0.6 is 0 Å². The lowest BCUT2D eigenvalue weighted by Gasteiger charge is -2.39. The van der Waals surface area contributed by atoms with Gasteiger partial charge in [0, 0.05) is 51.5 Å². The minimum Gasteiger partial charge on any atom is -0.356 e. The smallest absolute Gasteiger partial charge is 0.220 e. The van der Waals surface area contributed by atoms with E-state index in [4.69, 9.17) is 0 Å². The first-order valence-electron chi connectivity index (χ1n) is 9.39. The molecule has 2 fully saturated rings. The monoisotopic (exact) mass is 346 g/mol. The summed E-state index contributed by atoms with van der Waals surface area (Å²) in [7, 11) is 1.83. The predicted molar refractivity (Wildman–Crippen MR) is 98.4 cm³/mol. The number of aliphatic imine (C=N–C) groups is 1. The second kappa shape index (κ2) is 8.36. The van der Waals surface area contributed by atoms with Crippen LogP contribution in [0, 0.1) is 5.92 Å². The van der Waals surface area contributed by atoms with Crippen molar-refractivity contribution in [1.29, 1.82) is 0 Å². The van der Waals surface area contributed by atoms with Gasteiger partial charge in [0.1, 0.15) is 0 Å². The van der Waals surface area contributed by atoms with Gasteiger partial charge in [-0.3, -0.25) is 9.79 Å². The highest BCUT2D eigenvalue weighted by Crippen LogP contribution is 2.27. The number of nitrogens with zero attached hydrogens (tertiary/aromatic N) is 4. The molecule has 0 radical (unpaired) electrons. The van der Waals surface area contributed by atoms with Gasteiger partial charge >= 0.3 is 0 Å². The fraction of sp³-hybridized carbons (Fsp3) is 0.722. The van der Waals surface area contributed by atoms with Crippen LogP contribution in [0.25, 0.3) is 0 Å². The van der Waals surface area contributed by atoms with Gasteiger partial charge in [-0.2, -0.15) is 0 Å². The molecular weight excluding hydrogens is 316 g/mol. The molecule has 0 spiro atoms. The van der Waals surface area contributed by atoms with Crippen LogP contribution in [-0.2, 0) is 4.79 Å². The molecule has 2 atom stereocenters. The molecule has 1 aromatic rings. The third-order valence-electron chi connectivity index (χ3n) is 5.14. The molecule has 7 nitrogen and oxygen atoms in total. The molecule has 0 bridgehead atoms. The van der Waals surface area contributed by atoms with E-state index in [-0.39, 0.29) is 5.91 Å². The average Bonchev–Trinajstić information content (AvgIpc) is 3.25. The van der Waals surface area contributed by atoms with E-state index >= 15 is 0 Å². The number of imidazole rings is 1. The van der Waals surface area contributed by atoms with Crippen molar-refractivity contribution in [3.05, 3.63) is 18.7 Å². The predicted octanol–water partition coefficient (Wildman–Crippen LogP) is 1.40. The van der Waals surface area contributed by atoms with Gasteiger partial charge in [0.25, 0.3) is 0 Å². The fourth-order valence-electron chi connectivity index (χ4n) is 3.40. The van der Waals surface area contributed by atoms with E-state index in [9.17, 15) is 4.79 Å². The Labute approximate surface area is 149 Å². The molecule has 1 saturated carbocycles. The summed E-state index contributed by atoms with van der Waals surface area (Å²) in [6, 6.07) is 0.864. The summed E-state index contributed by atoms with van der Waals surface area (Å²) in [6.45, 7) is 5.01. The molecule has 1 aliphatic carbocycles. The van der Waals surface area contributed by atoms with Crippen LogP contribution in [0.4, 0.5) is 0 Å². The van der Waals surface area contributed by atoms with Crippen LogP contribution in [-0.4, -0.2) is 59.0 Å². The first-order valence-corrected chi connectivity index (χ1v) is 9.39. The van der Waals surface area contributed by atoms with Crippen LogP contribution in [0.15, 0.2) is 23.7 Å². The van der Waals surface area contributed by atoms with Gasteiger partial charge in [-0.15, -0.1) is 0 Å². The van der Waals surface area contributed by atoms with Crippen molar-refractivity contribution in [2.75, 3.05) is 26.7 Å². The van der Waals surface area contributed by atoms with E-state index in [0.717, 1.165) is 51.3 Å². The third-order valence-corrected chi connectivity index (χ3v) is 5.14. The van der Waals surface area contributed by atoms with Gasteiger partial charge < -0.3 is 20.1 Å². The van der Waals surface area contributed by atoms with Crippen LogP contribution < -0.4 is 10.6 Å². The first kappa shape index (κ1) is 17.8. The Kier molecular flexibility index (Phi) is 5.94. The molecule has 3 rings (SSSR count). The summed E-state index contributed by atoms with van der Waals surface area (Å²) in [5.41, 5.74) is 0. The van der Waals surface area contributed by atoms with Crippen molar-refractivity contribution >= 4 is 11.9 Å². The van der Waals surface area contributed by atoms with Crippen molar-refractivity contribution in [3.63, 3.8) is 0 Å². The highest BCUT2D eigenvalue weighted by atomic mass is 16.1. The van der Waals surface area contributed by atoms with E-state index in [1.54, 1.807) is 0 Å². The number of likely N-dealkylation sites (tertiary alicyclic amines) is 1. The lowest BCUT2D eigenvalue weighted by Crippen LogP contribution is -2.49. The molecule has 1 saturated heterocycles. The largest absolute Gasteiger partial charge is 0.356 e. The standard InChI is InChI=1S/C18H30N6O/c1-14-7-10-23(12-16(14)24-11-9-20-13-24)18(19-2)21-8-3-4-17(25)22-15-5-6-15/h9,11,13-16H,3-8,10,12H2,1-2H3,(H,19,21)(H,22,25). The van der Waals surface area contributed by atoms with E-state index < -0.39 is 0 Å². The molecule has 1 aliphatic heterocycles. The molecule has 1 amide bonds. The first-order chi connectivity index (χ1) is 12.2. The summed E-state index contributed by atoms with van der Waals surface area (Å²) >= 11 is 0. The molecule has 2 N–H and O–H groups in total. The Hall–Kier alpha value is -2.05. The SMILES string of the molecule is CN=C(NCCCC(=O)NC1CC1)N1CCC(C)C(n2ccnc2)C1. The average molecular weight is 346 g/mol. The summed E-state index contributed by atoms with van der Waals surface area (Å²) in [4.78, 5) is 22.7. The highest BCUT2D eigenvalue weighted by Gasteiger charge is 2.28. The van der Waals surface area contributed by atoms with Crippen LogP contribution in [0.3, 0.4) is 0 Å². The van der Waals surface area contributed by atoms with E-state index in [0.29, 0.717) is 24.4 Å². The Balaban J connectivity index is 1.44. The quantitative estimate of drug-likeness (QED) is 0.464. The van der Waals surface area contributed by atoms with Crippen molar-refractivity contribution in [2.45, 2.75) is 51.1 Å². The van der Waals surface area contributed by atoms with Gasteiger partial charge in [-0.1, -0.05) is 6.92 Å².